The molecule has 2 rings (SSSR count). The first-order chi connectivity index (χ1) is 8.81. The Labute approximate surface area is 110 Å². The minimum atomic E-state index is 0.627. The van der Waals surface area contributed by atoms with Crippen LogP contribution in [-0.2, 0) is 6.42 Å². The molecule has 3 heteroatoms. The fourth-order valence-electron chi connectivity index (χ4n) is 2.57. The molecule has 1 aliphatic rings. The molecule has 1 fully saturated rings. The van der Waals surface area contributed by atoms with Crippen molar-refractivity contribution in [3.63, 3.8) is 0 Å². The van der Waals surface area contributed by atoms with Crippen molar-refractivity contribution in [2.75, 3.05) is 33.3 Å². The van der Waals surface area contributed by atoms with Gasteiger partial charge in [0.1, 0.15) is 5.75 Å². The first-order valence-corrected chi connectivity index (χ1v) is 6.88. The fraction of sp³-hybridized carbons (Fsp3) is 0.600. The lowest BCUT2D eigenvalue weighted by atomic mass is 10.1. The Morgan fingerprint density at radius 2 is 2.22 bits per heavy atom. The number of benzene rings is 1. The number of nitrogens with zero attached hydrogens (tertiary/aromatic N) is 1. The Kier molecular flexibility index (Phi) is 5.02. The average Bonchev–Trinajstić information content (AvgIpc) is 2.61. The molecule has 3 nitrogen and oxygen atoms in total. The van der Waals surface area contributed by atoms with Gasteiger partial charge in [-0.15, -0.1) is 0 Å². The Bertz CT molecular complexity index is 367. The molecule has 0 aliphatic carbocycles. The van der Waals surface area contributed by atoms with Crippen LogP contribution in [0.25, 0.3) is 0 Å². The van der Waals surface area contributed by atoms with E-state index in [4.69, 9.17) is 4.74 Å². The second kappa shape index (κ2) is 6.76. The molecule has 0 spiro atoms. The van der Waals surface area contributed by atoms with Gasteiger partial charge in [-0.05, 0) is 44.5 Å². The largest absolute Gasteiger partial charge is 0.496 e. The van der Waals surface area contributed by atoms with Crippen LogP contribution in [0.3, 0.4) is 0 Å². The lowest BCUT2D eigenvalue weighted by Gasteiger charge is -2.26. The maximum Gasteiger partial charge on any atom is 0.122 e. The highest BCUT2D eigenvalue weighted by Gasteiger charge is 2.16. The molecule has 1 atom stereocenters. The zero-order valence-electron chi connectivity index (χ0n) is 11.5. The molecule has 0 aromatic heterocycles. The van der Waals surface area contributed by atoms with E-state index >= 15 is 0 Å². The molecule has 18 heavy (non-hydrogen) atoms. The van der Waals surface area contributed by atoms with E-state index in [-0.39, 0.29) is 0 Å². The molecule has 1 aliphatic heterocycles. The third-order valence-corrected chi connectivity index (χ3v) is 3.72. The van der Waals surface area contributed by atoms with E-state index < -0.39 is 0 Å². The maximum atomic E-state index is 5.41. The molecule has 0 amide bonds. The summed E-state index contributed by atoms with van der Waals surface area (Å²) in [6.07, 6.45) is 2.31. The van der Waals surface area contributed by atoms with E-state index in [2.05, 4.69) is 29.3 Å². The summed E-state index contributed by atoms with van der Waals surface area (Å²) < 4.78 is 5.41. The van der Waals surface area contributed by atoms with Gasteiger partial charge in [0.05, 0.1) is 7.11 Å². The molecular weight excluding hydrogens is 224 g/mol. The molecule has 0 bridgehead atoms. The molecular formula is C15H24N2O. The van der Waals surface area contributed by atoms with Crippen molar-refractivity contribution in [1.29, 1.82) is 0 Å². The van der Waals surface area contributed by atoms with E-state index in [0.29, 0.717) is 6.04 Å². The summed E-state index contributed by atoms with van der Waals surface area (Å²) in [5.41, 5.74) is 1.31. The van der Waals surface area contributed by atoms with E-state index in [1.165, 1.54) is 18.5 Å². The van der Waals surface area contributed by atoms with Gasteiger partial charge in [0.2, 0.25) is 0 Å². The summed E-state index contributed by atoms with van der Waals surface area (Å²) in [4.78, 5) is 2.58. The molecule has 0 radical (unpaired) electrons. The van der Waals surface area contributed by atoms with Gasteiger partial charge in [-0.3, -0.25) is 4.90 Å². The number of hydrogen-bond donors (Lipinski definition) is 1. The molecule has 0 saturated carbocycles. The number of ether oxygens (including phenoxy) is 1. The maximum absolute atomic E-state index is 5.41. The highest BCUT2D eigenvalue weighted by Crippen LogP contribution is 2.18. The third-order valence-electron chi connectivity index (χ3n) is 3.72. The first kappa shape index (κ1) is 13.4. The minimum absolute atomic E-state index is 0.627. The summed E-state index contributed by atoms with van der Waals surface area (Å²) in [5, 5.41) is 3.48. The Morgan fingerprint density at radius 1 is 1.39 bits per heavy atom. The van der Waals surface area contributed by atoms with Gasteiger partial charge in [-0.2, -0.15) is 0 Å². The van der Waals surface area contributed by atoms with E-state index in [9.17, 15) is 0 Å². The van der Waals surface area contributed by atoms with Gasteiger partial charge in [0, 0.05) is 19.1 Å². The van der Waals surface area contributed by atoms with Crippen molar-refractivity contribution in [1.82, 2.24) is 10.2 Å². The van der Waals surface area contributed by atoms with Gasteiger partial charge in [-0.25, -0.2) is 0 Å². The van der Waals surface area contributed by atoms with Crippen LogP contribution in [0.5, 0.6) is 5.75 Å². The number of hydrogen-bond acceptors (Lipinski definition) is 3. The normalized spacial score (nSPS) is 21.6. The lowest BCUT2D eigenvalue weighted by Crippen LogP contribution is -2.38. The molecule has 1 aromatic carbocycles. The molecule has 1 saturated heterocycles. The van der Waals surface area contributed by atoms with Crippen LogP contribution in [0.4, 0.5) is 0 Å². The van der Waals surface area contributed by atoms with Crippen LogP contribution in [0.15, 0.2) is 24.3 Å². The van der Waals surface area contributed by atoms with E-state index in [1.807, 2.05) is 12.1 Å². The Hall–Kier alpha value is -1.06. The van der Waals surface area contributed by atoms with Crippen LogP contribution in [0, 0.1) is 0 Å². The summed E-state index contributed by atoms with van der Waals surface area (Å²) in [6.45, 7) is 6.87. The van der Waals surface area contributed by atoms with Crippen molar-refractivity contribution in [2.45, 2.75) is 25.8 Å². The van der Waals surface area contributed by atoms with Crippen molar-refractivity contribution in [3.8, 4) is 5.75 Å². The second-order valence-electron chi connectivity index (χ2n) is 5.00. The first-order valence-electron chi connectivity index (χ1n) is 6.88. The predicted octanol–water partition coefficient (Wildman–Crippen LogP) is 1.92. The molecule has 100 valence electrons. The Morgan fingerprint density at radius 3 is 3.06 bits per heavy atom. The van der Waals surface area contributed by atoms with Crippen molar-refractivity contribution in [3.05, 3.63) is 29.8 Å². The topological polar surface area (TPSA) is 24.5 Å². The minimum Gasteiger partial charge on any atom is -0.496 e. The van der Waals surface area contributed by atoms with Gasteiger partial charge in [-0.1, -0.05) is 18.2 Å². The van der Waals surface area contributed by atoms with Gasteiger partial charge >= 0.3 is 0 Å². The smallest absolute Gasteiger partial charge is 0.122 e. The second-order valence-corrected chi connectivity index (χ2v) is 5.00. The van der Waals surface area contributed by atoms with E-state index in [1.54, 1.807) is 7.11 Å². The summed E-state index contributed by atoms with van der Waals surface area (Å²) >= 11 is 0. The van der Waals surface area contributed by atoms with Crippen LogP contribution < -0.4 is 10.1 Å². The number of para-hydroxylation sites is 1. The van der Waals surface area contributed by atoms with Gasteiger partial charge < -0.3 is 10.1 Å². The Balaban J connectivity index is 1.93. The monoisotopic (exact) mass is 248 g/mol. The van der Waals surface area contributed by atoms with Gasteiger partial charge in [0.25, 0.3) is 0 Å². The summed E-state index contributed by atoms with van der Waals surface area (Å²) in [5.74, 6) is 1.01. The van der Waals surface area contributed by atoms with E-state index in [0.717, 1.165) is 31.8 Å². The number of methoxy groups -OCH3 is 1. The summed E-state index contributed by atoms with van der Waals surface area (Å²) in [7, 11) is 1.75. The van der Waals surface area contributed by atoms with Crippen LogP contribution >= 0.6 is 0 Å². The van der Waals surface area contributed by atoms with Crippen molar-refractivity contribution in [2.24, 2.45) is 0 Å². The predicted molar refractivity (Wildman–Crippen MR) is 75.2 cm³/mol. The molecule has 1 heterocycles. The van der Waals surface area contributed by atoms with Gasteiger partial charge in [0.15, 0.2) is 0 Å². The van der Waals surface area contributed by atoms with Crippen LogP contribution in [-0.4, -0.2) is 44.2 Å². The number of nitrogens with one attached hydrogen (secondary N) is 1. The summed E-state index contributed by atoms with van der Waals surface area (Å²) in [6, 6.07) is 8.95. The highest BCUT2D eigenvalue weighted by molar-refractivity contribution is 5.33. The molecule has 1 unspecified atom stereocenters. The zero-order chi connectivity index (χ0) is 12.8. The van der Waals surface area contributed by atoms with Crippen LogP contribution in [0.1, 0.15) is 18.9 Å². The standard InChI is InChI=1S/C15H24N2O/c1-13-12-16-9-5-10-17(13)11-8-14-6-3-4-7-15(14)18-2/h3-4,6-7,13,16H,5,8-12H2,1-2H3. The van der Waals surface area contributed by atoms with Crippen molar-refractivity contribution < 1.29 is 4.74 Å². The third kappa shape index (κ3) is 3.47. The lowest BCUT2D eigenvalue weighted by molar-refractivity contribution is 0.224. The zero-order valence-corrected chi connectivity index (χ0v) is 11.5. The SMILES string of the molecule is COc1ccccc1CCN1CCCNCC1C. The average molecular weight is 248 g/mol. The van der Waals surface area contributed by atoms with Crippen LogP contribution in [0.2, 0.25) is 0 Å². The highest BCUT2D eigenvalue weighted by atomic mass is 16.5. The molecule has 1 N–H and O–H groups in total. The quantitative estimate of drug-likeness (QED) is 0.881. The number of rotatable bonds is 4. The fourth-order valence-corrected chi connectivity index (χ4v) is 2.57. The molecule has 1 aromatic rings. The van der Waals surface area contributed by atoms with Crippen molar-refractivity contribution >= 4 is 0 Å².